The first-order chi connectivity index (χ1) is 9.10. The summed E-state index contributed by atoms with van der Waals surface area (Å²) in [7, 11) is 0. The molecule has 2 atom stereocenters. The van der Waals surface area contributed by atoms with Gasteiger partial charge < -0.3 is 0 Å². The summed E-state index contributed by atoms with van der Waals surface area (Å²) in [6, 6.07) is 0. The molecule has 0 rings (SSSR count). The smallest absolute Gasteiger partial charge is 0.0635 e. The third kappa shape index (κ3) is 10.8. The summed E-state index contributed by atoms with van der Waals surface area (Å²) >= 11 is 33.9. The lowest BCUT2D eigenvalue weighted by Gasteiger charge is -2.27. The van der Waals surface area contributed by atoms with Crippen LogP contribution in [0.2, 0.25) is 0 Å². The molecule has 0 spiro atoms. The summed E-state index contributed by atoms with van der Waals surface area (Å²) in [5.41, 5.74) is 0. The van der Waals surface area contributed by atoms with Crippen LogP contribution in [0.25, 0.3) is 0 Å². The van der Waals surface area contributed by atoms with Gasteiger partial charge in [-0.2, -0.15) is 75.8 Å². The highest BCUT2D eigenvalue weighted by molar-refractivity contribution is 8.24. The van der Waals surface area contributed by atoms with E-state index in [4.69, 9.17) is 25.3 Å². The third-order valence-corrected chi connectivity index (χ3v) is 10.5. The van der Waals surface area contributed by atoms with Crippen molar-refractivity contribution in [3.05, 3.63) is 0 Å². The molecule has 0 aliphatic carbocycles. The molecule has 2 unspecified atom stereocenters. The lowest BCUT2D eigenvalue weighted by Crippen LogP contribution is -2.24. The largest absolute Gasteiger partial charge is 0.174 e. The maximum Gasteiger partial charge on any atom is 0.0635 e. The molecule has 0 nitrogen and oxygen atoms in total. The van der Waals surface area contributed by atoms with Crippen LogP contribution in [0.4, 0.5) is 0 Å². The molecule has 0 bridgehead atoms. The van der Waals surface area contributed by atoms with Crippen molar-refractivity contribution in [2.75, 3.05) is 20.3 Å². The van der Waals surface area contributed by atoms with Gasteiger partial charge >= 0.3 is 0 Å². The minimum Gasteiger partial charge on any atom is -0.174 e. The molecule has 116 valence electrons. The van der Waals surface area contributed by atoms with Crippen molar-refractivity contribution in [2.24, 2.45) is 0 Å². The lowest BCUT2D eigenvalue weighted by molar-refractivity contribution is 0.796. The second-order valence-electron chi connectivity index (χ2n) is 3.29. The van der Waals surface area contributed by atoms with Crippen LogP contribution >= 0.6 is 123 Å². The molecule has 0 radical (unpaired) electrons. The standard InChI is InChI=1S/C9H20S10/c10-2-16-8(17-3-11)6(14)1-7(15)9(18-4-12)19-5-13/h6-15H,1-5H2. The zero-order valence-corrected chi connectivity index (χ0v) is 18.8. The van der Waals surface area contributed by atoms with Crippen molar-refractivity contribution < 1.29 is 0 Å². The van der Waals surface area contributed by atoms with Crippen molar-refractivity contribution in [2.45, 2.75) is 26.1 Å². The Bertz CT molecular complexity index is 171. The average Bonchev–Trinajstić information content (AvgIpc) is 2.38. The van der Waals surface area contributed by atoms with E-state index in [0.29, 0.717) is 19.7 Å². The van der Waals surface area contributed by atoms with Gasteiger partial charge in [0.15, 0.2) is 0 Å². The third-order valence-electron chi connectivity index (χ3n) is 2.07. The Morgan fingerprint density at radius 3 is 1.05 bits per heavy atom. The molecule has 19 heavy (non-hydrogen) atoms. The van der Waals surface area contributed by atoms with Gasteiger partial charge in [-0.15, -0.1) is 47.0 Å². The van der Waals surface area contributed by atoms with Crippen LogP contribution in [-0.2, 0) is 0 Å². The monoisotopic (exact) mass is 448 g/mol. The Morgan fingerprint density at radius 2 is 0.842 bits per heavy atom. The molecule has 10 heteroatoms. The van der Waals surface area contributed by atoms with E-state index in [1.165, 1.54) is 0 Å². The first-order valence-electron chi connectivity index (χ1n) is 5.36. The molecule has 0 N–H and O–H groups in total. The molecular formula is C9H20S10. The van der Waals surface area contributed by atoms with Crippen molar-refractivity contribution in [3.8, 4) is 0 Å². The Kier molecular flexibility index (Phi) is 17.8. The van der Waals surface area contributed by atoms with Gasteiger partial charge in [0, 0.05) is 30.8 Å². The van der Waals surface area contributed by atoms with Gasteiger partial charge in [-0.3, -0.25) is 0 Å². The fourth-order valence-electron chi connectivity index (χ4n) is 1.30. The minimum absolute atomic E-state index is 0.292. The van der Waals surface area contributed by atoms with Gasteiger partial charge in [0.25, 0.3) is 0 Å². The van der Waals surface area contributed by atoms with E-state index >= 15 is 0 Å². The van der Waals surface area contributed by atoms with Crippen LogP contribution < -0.4 is 0 Å². The van der Waals surface area contributed by atoms with E-state index in [-0.39, 0.29) is 0 Å². The zero-order chi connectivity index (χ0) is 14.7. The Morgan fingerprint density at radius 1 is 0.579 bits per heavy atom. The van der Waals surface area contributed by atoms with Crippen molar-refractivity contribution in [3.63, 3.8) is 0 Å². The number of rotatable bonds is 12. The van der Waals surface area contributed by atoms with Crippen molar-refractivity contribution in [1.29, 1.82) is 0 Å². The molecule has 0 aliphatic rings. The normalized spacial score (nSPS) is 15.2. The summed E-state index contributed by atoms with van der Waals surface area (Å²) in [6.07, 6.45) is 0.963. The first-order valence-corrected chi connectivity index (χ1v) is 13.1. The average molecular weight is 449 g/mol. The fraction of sp³-hybridized carbons (Fsp3) is 1.00. The van der Waals surface area contributed by atoms with E-state index < -0.39 is 0 Å². The number of thiol groups is 6. The molecular weight excluding hydrogens is 429 g/mol. The Balaban J connectivity index is 4.34. The maximum atomic E-state index is 4.75. The van der Waals surface area contributed by atoms with Crippen molar-refractivity contribution in [1.82, 2.24) is 0 Å². The SMILES string of the molecule is SCSC(SCS)C(S)CC(S)C(SCS)SCS. The second-order valence-corrected chi connectivity index (χ2v) is 12.7. The van der Waals surface area contributed by atoms with Gasteiger partial charge in [0.05, 0.1) is 9.16 Å². The number of thioether (sulfide) groups is 4. The molecule has 0 aromatic rings. The van der Waals surface area contributed by atoms with Gasteiger partial charge in [0.2, 0.25) is 0 Å². The quantitative estimate of drug-likeness (QED) is 0.181. The molecule has 0 aliphatic heterocycles. The van der Waals surface area contributed by atoms with Gasteiger partial charge in [-0.25, -0.2) is 0 Å². The van der Waals surface area contributed by atoms with E-state index in [1.807, 2.05) is 47.0 Å². The van der Waals surface area contributed by atoms with E-state index in [9.17, 15) is 0 Å². The summed E-state index contributed by atoms with van der Waals surface area (Å²) in [5.74, 6) is 0. The number of hydrogen-bond acceptors (Lipinski definition) is 10. The van der Waals surface area contributed by atoms with E-state index in [0.717, 1.165) is 26.8 Å². The molecule has 0 aromatic carbocycles. The summed E-state index contributed by atoms with van der Waals surface area (Å²) in [4.78, 5) is 0. The first kappa shape index (κ1) is 22.5. The predicted octanol–water partition coefficient (Wildman–Crippen LogP) is 5.11. The van der Waals surface area contributed by atoms with Gasteiger partial charge in [-0.1, -0.05) is 0 Å². The summed E-state index contributed by atoms with van der Waals surface area (Å²) < 4.78 is 0.825. The van der Waals surface area contributed by atoms with Crippen LogP contribution in [0, 0.1) is 0 Å². The highest BCUT2D eigenvalue weighted by Crippen LogP contribution is 2.38. The van der Waals surface area contributed by atoms with Crippen molar-refractivity contribution >= 4 is 123 Å². The van der Waals surface area contributed by atoms with Crippen LogP contribution in [0.15, 0.2) is 0 Å². The lowest BCUT2D eigenvalue weighted by atomic mass is 10.2. The summed E-state index contributed by atoms with van der Waals surface area (Å²) in [6.45, 7) is 0. The molecule has 0 aromatic heterocycles. The fourth-order valence-corrected chi connectivity index (χ4v) is 9.60. The van der Waals surface area contributed by atoms with Gasteiger partial charge in [-0.05, 0) is 6.42 Å². The second kappa shape index (κ2) is 15.1. The zero-order valence-electron chi connectivity index (χ0n) is 10.2. The number of hydrogen-bond donors (Lipinski definition) is 6. The van der Waals surface area contributed by atoms with Crippen LogP contribution in [0.1, 0.15) is 6.42 Å². The Labute approximate surface area is 167 Å². The van der Waals surface area contributed by atoms with Crippen LogP contribution in [0.5, 0.6) is 0 Å². The predicted molar refractivity (Wildman–Crippen MR) is 124 cm³/mol. The molecule has 0 heterocycles. The highest BCUT2D eigenvalue weighted by Gasteiger charge is 2.25. The summed E-state index contributed by atoms with van der Waals surface area (Å²) in [5, 5.41) is 3.81. The van der Waals surface area contributed by atoms with Crippen LogP contribution in [0.3, 0.4) is 0 Å². The molecule has 0 saturated carbocycles. The Hall–Kier alpha value is 3.50. The van der Waals surface area contributed by atoms with E-state index in [2.05, 4.69) is 50.5 Å². The molecule has 0 amide bonds. The topological polar surface area (TPSA) is 0 Å². The van der Waals surface area contributed by atoms with E-state index in [1.54, 1.807) is 0 Å². The molecule has 0 saturated heterocycles. The molecule has 0 fully saturated rings. The van der Waals surface area contributed by atoms with Crippen LogP contribution in [-0.4, -0.2) is 40.0 Å². The highest BCUT2D eigenvalue weighted by atomic mass is 32.2. The minimum atomic E-state index is 0.292. The maximum absolute atomic E-state index is 4.75. The van der Waals surface area contributed by atoms with Gasteiger partial charge in [0.1, 0.15) is 0 Å².